The topological polar surface area (TPSA) is 244 Å². The number of rotatable bonds is 6. The normalized spacial score (nSPS) is 45.8. The number of ether oxygens (including phenoxy) is 9. The third-order valence-electron chi connectivity index (χ3n) is 14.6. The number of aliphatic carboxylic acids is 1. The molecule has 5 rings (SSSR count). The molecule has 5 aliphatic heterocycles. The van der Waals surface area contributed by atoms with Crippen LogP contribution in [0.2, 0.25) is 0 Å². The summed E-state index contributed by atoms with van der Waals surface area (Å²) >= 11 is 0. The fourth-order valence-electron chi connectivity index (χ4n) is 9.81. The zero-order valence-corrected chi connectivity index (χ0v) is 48.2. The van der Waals surface area contributed by atoms with Crippen LogP contribution in [0, 0.1) is 23.7 Å². The van der Waals surface area contributed by atoms with Gasteiger partial charge in [0.2, 0.25) is 0 Å². The van der Waals surface area contributed by atoms with E-state index >= 15 is 0 Å². The molecule has 25 atom stereocenters. The summed E-state index contributed by atoms with van der Waals surface area (Å²) in [5.74, 6) is -5.33. The number of cyclic esters (lactones) is 1. The number of allylic oxidation sites excluding steroid dienone is 12. The second-order valence-electron chi connectivity index (χ2n) is 20.5. The molecule has 6 bridgehead atoms. The van der Waals surface area contributed by atoms with Crippen LogP contribution < -0.4 is 5.73 Å². The van der Waals surface area contributed by atoms with Crippen LogP contribution in [0.25, 0.3) is 0 Å². The van der Waals surface area contributed by atoms with Crippen molar-refractivity contribution in [2.45, 2.75) is 189 Å². The molecule has 17 nitrogen and oxygen atoms in total. The van der Waals surface area contributed by atoms with Gasteiger partial charge in [-0.25, -0.2) is 0 Å². The van der Waals surface area contributed by atoms with E-state index in [-0.39, 0.29) is 62.1 Å². The summed E-state index contributed by atoms with van der Waals surface area (Å²) in [6.45, 7) is 13.3. The molecule has 21 heteroatoms. The molecule has 0 aromatic carbocycles. The Morgan fingerprint density at radius 2 is 1.24 bits per heavy atom. The Hall–Kier alpha value is -1.68. The minimum atomic E-state index is -1.53. The maximum atomic E-state index is 13.4. The molecule has 7 N–H and O–H groups in total. The zero-order chi connectivity index (χ0) is 54.3. The fourth-order valence-corrected chi connectivity index (χ4v) is 12.1. The Bertz CT molecular complexity index is 1970. The lowest BCUT2D eigenvalue weighted by Gasteiger charge is -2.48. The minimum Gasteiger partial charge on any atom is -0.481 e. The van der Waals surface area contributed by atoms with Crippen LogP contribution in [0.15, 0.2) is 85.1 Å². The van der Waals surface area contributed by atoms with Crippen LogP contribution >= 0.6 is 33.1 Å². The highest BCUT2D eigenvalue weighted by Crippen LogP contribution is 2.52. The number of aliphatic hydroxyl groups excluding tert-OH is 4. The molecule has 9 unspecified atom stereocenters. The highest BCUT2D eigenvalue weighted by molar-refractivity contribution is 8.13. The molecule has 0 aromatic rings. The van der Waals surface area contributed by atoms with E-state index in [4.69, 9.17) is 48.4 Å². The number of carbonyl (C=O) groups excluding carboxylic acids is 1. The predicted molar refractivity (Wildman–Crippen MR) is 293 cm³/mol. The van der Waals surface area contributed by atoms with Gasteiger partial charge in [0.05, 0.1) is 67.5 Å². The molecule has 5 heterocycles. The number of methoxy groups -OCH3 is 1. The van der Waals surface area contributed by atoms with Crippen molar-refractivity contribution in [1.82, 2.24) is 0 Å². The maximum Gasteiger partial charge on any atom is 0.311 e. The van der Waals surface area contributed by atoms with Crippen LogP contribution in [-0.4, -0.2) is 161 Å². The van der Waals surface area contributed by atoms with Crippen LogP contribution in [0.5, 0.6) is 0 Å². The van der Waals surface area contributed by atoms with Gasteiger partial charge in [0, 0.05) is 57.1 Å². The SMILES string of the molecule is CO[C@]12CC3C[C@@H](OC(P(C)P)O3)[C@H](O)CCC3C[C@H](CC(=O)O[C@@H](C)[C@H](C)[C@H](O)[C@@H](C)/C=C/C=C/C=C/C=C/C=C/C=C/C=C/[C@H](O[C@@H]4O[C@H](C)[C@@H](C)[C@H](N)[C@H]4O)CC(O1)[C@H](C(=O)O)[C@@H](O)C2)OC(P(C)P)O3. The van der Waals surface area contributed by atoms with Gasteiger partial charge in [-0.1, -0.05) is 106 Å². The molecule has 0 aromatic heterocycles. The summed E-state index contributed by atoms with van der Waals surface area (Å²) in [6.07, 6.45) is 16.4. The molecule has 0 aliphatic carbocycles. The largest absolute Gasteiger partial charge is 0.481 e. The Balaban J connectivity index is 1.43. The number of hydrogen-bond donors (Lipinski definition) is 6. The monoisotopic (exact) mass is 1120 g/mol. The number of carbonyl (C=O) groups is 2. The number of esters is 1. The van der Waals surface area contributed by atoms with Crippen molar-refractivity contribution in [2.24, 2.45) is 29.4 Å². The highest BCUT2D eigenvalue weighted by Gasteiger charge is 2.53. The van der Waals surface area contributed by atoms with Gasteiger partial charge in [-0.15, -0.1) is 17.9 Å². The molecule has 0 amide bonds. The first-order chi connectivity index (χ1) is 35.1. The van der Waals surface area contributed by atoms with Crippen LogP contribution in [0.4, 0.5) is 0 Å². The Morgan fingerprint density at radius 1 is 0.676 bits per heavy atom. The number of hydrogen-bond acceptors (Lipinski definition) is 16. The molecule has 418 valence electrons. The summed E-state index contributed by atoms with van der Waals surface area (Å²) in [4.78, 5) is 26.3. The molecule has 0 radical (unpaired) electrons. The number of carboxylic acid groups (broad SMARTS) is 1. The molecular weight excluding hydrogens is 1030 g/mol. The van der Waals surface area contributed by atoms with Gasteiger partial charge in [0.15, 0.2) is 24.1 Å². The number of nitrogens with two attached hydrogens (primary N) is 1. The van der Waals surface area contributed by atoms with E-state index in [1.807, 2.05) is 108 Å². The maximum absolute atomic E-state index is 13.4. The number of fused-ring (bicyclic) bond motifs is 6. The second kappa shape index (κ2) is 30.6. The first-order valence-electron chi connectivity index (χ1n) is 25.8. The van der Waals surface area contributed by atoms with E-state index in [1.165, 1.54) is 7.11 Å². The van der Waals surface area contributed by atoms with Gasteiger partial charge >= 0.3 is 11.9 Å². The van der Waals surface area contributed by atoms with E-state index in [2.05, 4.69) is 17.9 Å². The van der Waals surface area contributed by atoms with Crippen LogP contribution in [-0.2, 0) is 52.2 Å². The van der Waals surface area contributed by atoms with Crippen LogP contribution in [0.3, 0.4) is 0 Å². The highest BCUT2D eigenvalue weighted by atomic mass is 32.0. The first kappa shape index (κ1) is 63.2. The molecule has 5 aliphatic rings. The Morgan fingerprint density at radius 3 is 1.84 bits per heavy atom. The molecule has 4 saturated heterocycles. The zero-order valence-electron chi connectivity index (χ0n) is 44.1. The standard InChI is InChI=1S/C53H85NO16P4/c1-31-21-19-17-15-13-11-9-10-12-14-16-18-20-22-36(65-50-48(59)46(54)32(2)34(4)64-50)26-43-45(49(60)61)41(56)30-53(62-6,70-43)29-39-27-42(69-52(68-39)74(8)72)40(55)24-23-37-25-38(67-51(66-37)73(7)71)28-44(57)63-35(5)33(3)47(31)58/h9-22,31-43,45-48,50-52,55-56,58-59H,23-30,54,71-72H2,1-8H3,(H,60,61)/b10-9+,13-11+,14-12+,17-15+,18-16+,21-19+,22-20+/t31-,32+,33-,34+,35-,36-,37?,38+,39?,40+,41-,42+,43?,45+,46-,47+,48+,50-,51?,52?,53+,73?,74?/m0/s1. The first-order valence-corrected chi connectivity index (χ1v) is 32.8. The van der Waals surface area contributed by atoms with E-state index in [0.717, 1.165) is 0 Å². The van der Waals surface area contributed by atoms with Crippen molar-refractivity contribution in [3.8, 4) is 0 Å². The second-order valence-corrected chi connectivity index (χ2v) is 28.9. The van der Waals surface area contributed by atoms with Gasteiger partial charge in [-0.2, -0.15) is 0 Å². The average Bonchev–Trinajstić information content (AvgIpc) is 3.35. The third kappa shape index (κ3) is 18.7. The Labute approximate surface area is 445 Å². The molecule has 74 heavy (non-hydrogen) atoms. The van der Waals surface area contributed by atoms with E-state index < -0.39 is 124 Å². The average molecular weight is 1120 g/mol. The third-order valence-corrected chi connectivity index (χ3v) is 17.9. The van der Waals surface area contributed by atoms with Gasteiger partial charge < -0.3 is 73.9 Å². The van der Waals surface area contributed by atoms with E-state index in [0.29, 0.717) is 19.3 Å². The Kier molecular flexibility index (Phi) is 26.1. The lowest BCUT2D eigenvalue weighted by molar-refractivity contribution is -0.325. The van der Waals surface area contributed by atoms with E-state index in [1.54, 1.807) is 25.2 Å². The quantitative estimate of drug-likeness (QED) is 0.114. The van der Waals surface area contributed by atoms with Gasteiger partial charge in [0.25, 0.3) is 0 Å². The van der Waals surface area contributed by atoms with Crippen molar-refractivity contribution in [3.63, 3.8) is 0 Å². The van der Waals surface area contributed by atoms with Crippen molar-refractivity contribution in [2.75, 3.05) is 20.4 Å². The number of aliphatic hydroxyl groups is 4. The summed E-state index contributed by atoms with van der Waals surface area (Å²) < 4.78 is 56.7. The lowest BCUT2D eigenvalue weighted by atomic mass is 9.82. The van der Waals surface area contributed by atoms with Gasteiger partial charge in [0.1, 0.15) is 18.1 Å². The summed E-state index contributed by atoms with van der Waals surface area (Å²) in [6, 6.07) is -1.89. The van der Waals surface area contributed by atoms with Crippen LogP contribution in [0.1, 0.15) is 86.0 Å². The summed E-state index contributed by atoms with van der Waals surface area (Å²) in [7, 11) is 5.22. The molecule has 0 saturated carbocycles. The molecule has 4 fully saturated rings. The van der Waals surface area contributed by atoms with Crippen molar-refractivity contribution < 1.29 is 77.8 Å². The van der Waals surface area contributed by atoms with Gasteiger partial charge in [-0.05, 0) is 61.2 Å². The van der Waals surface area contributed by atoms with Crippen molar-refractivity contribution in [1.29, 1.82) is 0 Å². The van der Waals surface area contributed by atoms with Gasteiger partial charge in [-0.3, -0.25) is 9.59 Å². The minimum absolute atomic E-state index is 0.00129. The molecule has 0 spiro atoms. The summed E-state index contributed by atoms with van der Waals surface area (Å²) in [5, 5.41) is 56.4. The predicted octanol–water partition coefficient (Wildman–Crippen LogP) is 7.14. The van der Waals surface area contributed by atoms with Crippen molar-refractivity contribution in [3.05, 3.63) is 85.1 Å². The molecular formula is C53H85NO16P4. The van der Waals surface area contributed by atoms with E-state index in [9.17, 15) is 35.1 Å². The number of carboxylic acids is 1. The fraction of sp³-hybridized carbons (Fsp3) is 0.698. The van der Waals surface area contributed by atoms with Crippen molar-refractivity contribution >= 4 is 45.0 Å². The lowest BCUT2D eigenvalue weighted by Crippen LogP contribution is -2.59. The summed E-state index contributed by atoms with van der Waals surface area (Å²) in [5.41, 5.74) is 6.40. The smallest absolute Gasteiger partial charge is 0.311 e.